The lowest BCUT2D eigenvalue weighted by Crippen LogP contribution is -2.39. The van der Waals surface area contributed by atoms with Gasteiger partial charge in [0.15, 0.2) is 0 Å². The Kier molecular flexibility index (Phi) is 8.08. The van der Waals surface area contributed by atoms with Crippen LogP contribution in [0.5, 0.6) is 0 Å². The zero-order chi connectivity index (χ0) is 23.3. The smallest absolute Gasteiger partial charge is 0.266 e. The van der Waals surface area contributed by atoms with Crippen LogP contribution in [-0.4, -0.2) is 32.8 Å². The van der Waals surface area contributed by atoms with Crippen LogP contribution in [0.2, 0.25) is 0 Å². The van der Waals surface area contributed by atoms with Crippen molar-refractivity contribution in [1.29, 1.82) is 0 Å². The third-order valence-corrected chi connectivity index (χ3v) is 6.19. The average Bonchev–Trinajstić information content (AvgIpc) is 2.79. The molecular formula is C26H32ClN3O2. The first-order valence-corrected chi connectivity index (χ1v) is 11.9. The van der Waals surface area contributed by atoms with Gasteiger partial charge in [0.2, 0.25) is 5.91 Å². The van der Waals surface area contributed by atoms with Crippen molar-refractivity contribution in [1.82, 2.24) is 14.5 Å². The van der Waals surface area contributed by atoms with E-state index in [-0.39, 0.29) is 17.5 Å². The number of hydrogen-bond acceptors (Lipinski definition) is 3. The second-order valence-electron chi connectivity index (χ2n) is 8.20. The van der Waals surface area contributed by atoms with Crippen molar-refractivity contribution in [3.05, 3.63) is 69.8 Å². The van der Waals surface area contributed by atoms with E-state index in [1.807, 2.05) is 61.2 Å². The molecule has 1 unspecified atom stereocenters. The molecule has 0 fully saturated rings. The SMILES string of the molecule is CCCN(C(=O)CCCCl)C(CC)c1nc2ccccc2c(=O)n1-c1ccc(C)c(C)c1. The van der Waals surface area contributed by atoms with E-state index in [2.05, 4.69) is 13.8 Å². The van der Waals surface area contributed by atoms with Crippen molar-refractivity contribution in [2.45, 2.75) is 59.4 Å². The molecule has 0 saturated heterocycles. The molecule has 0 spiro atoms. The molecule has 0 aliphatic rings. The van der Waals surface area contributed by atoms with Crippen LogP contribution in [0, 0.1) is 13.8 Å². The van der Waals surface area contributed by atoms with Gasteiger partial charge in [-0.1, -0.05) is 32.0 Å². The number of rotatable bonds is 9. The summed E-state index contributed by atoms with van der Waals surface area (Å²) in [6.07, 6.45) is 2.50. The Morgan fingerprint density at radius 3 is 2.53 bits per heavy atom. The van der Waals surface area contributed by atoms with Crippen LogP contribution in [0.4, 0.5) is 0 Å². The van der Waals surface area contributed by atoms with Crippen molar-refractivity contribution >= 4 is 28.4 Å². The average molecular weight is 454 g/mol. The van der Waals surface area contributed by atoms with Crippen molar-refractivity contribution in [3.63, 3.8) is 0 Å². The van der Waals surface area contributed by atoms with Gasteiger partial charge in [0.05, 0.1) is 22.6 Å². The summed E-state index contributed by atoms with van der Waals surface area (Å²) in [5.41, 5.74) is 3.57. The highest BCUT2D eigenvalue weighted by molar-refractivity contribution is 6.17. The Morgan fingerprint density at radius 2 is 1.88 bits per heavy atom. The van der Waals surface area contributed by atoms with E-state index in [0.29, 0.717) is 48.4 Å². The molecule has 1 atom stereocenters. The lowest BCUT2D eigenvalue weighted by atomic mass is 10.1. The molecule has 1 heterocycles. The number of amides is 1. The summed E-state index contributed by atoms with van der Waals surface area (Å²) in [6, 6.07) is 13.1. The van der Waals surface area contributed by atoms with E-state index in [4.69, 9.17) is 16.6 Å². The summed E-state index contributed by atoms with van der Waals surface area (Å²) in [6.45, 7) is 8.78. The monoisotopic (exact) mass is 453 g/mol. The zero-order valence-corrected chi connectivity index (χ0v) is 20.2. The quantitative estimate of drug-likeness (QED) is 0.390. The van der Waals surface area contributed by atoms with Crippen LogP contribution in [0.15, 0.2) is 47.3 Å². The Labute approximate surface area is 195 Å². The molecule has 0 aliphatic heterocycles. The van der Waals surface area contributed by atoms with E-state index in [1.54, 1.807) is 4.57 Å². The van der Waals surface area contributed by atoms with Gasteiger partial charge in [0.1, 0.15) is 5.82 Å². The Balaban J connectivity index is 2.27. The van der Waals surface area contributed by atoms with Crippen molar-refractivity contribution in [3.8, 4) is 5.69 Å². The number of carbonyl (C=O) groups excluding carboxylic acids is 1. The molecule has 2 aromatic carbocycles. The van der Waals surface area contributed by atoms with Crippen LogP contribution >= 0.6 is 11.6 Å². The van der Waals surface area contributed by atoms with Gasteiger partial charge in [-0.15, -0.1) is 11.6 Å². The van der Waals surface area contributed by atoms with Crippen molar-refractivity contribution in [2.24, 2.45) is 0 Å². The van der Waals surface area contributed by atoms with Gasteiger partial charge < -0.3 is 4.90 Å². The Hall–Kier alpha value is -2.66. The van der Waals surface area contributed by atoms with E-state index in [1.165, 1.54) is 0 Å². The van der Waals surface area contributed by atoms with Crippen molar-refractivity contribution < 1.29 is 4.79 Å². The lowest BCUT2D eigenvalue weighted by molar-refractivity contribution is -0.134. The maximum atomic E-state index is 13.7. The molecule has 6 heteroatoms. The molecule has 3 aromatic rings. The number of alkyl halides is 1. The van der Waals surface area contributed by atoms with Gasteiger partial charge in [-0.05, 0) is 68.5 Å². The maximum Gasteiger partial charge on any atom is 0.266 e. The van der Waals surface area contributed by atoms with Crippen LogP contribution in [0.25, 0.3) is 16.6 Å². The fourth-order valence-electron chi connectivity index (χ4n) is 4.09. The fourth-order valence-corrected chi connectivity index (χ4v) is 4.22. The molecule has 32 heavy (non-hydrogen) atoms. The van der Waals surface area contributed by atoms with Crippen molar-refractivity contribution in [2.75, 3.05) is 12.4 Å². The molecule has 3 rings (SSSR count). The first-order chi connectivity index (χ1) is 15.4. The number of fused-ring (bicyclic) bond motifs is 1. The third kappa shape index (κ3) is 4.88. The van der Waals surface area contributed by atoms with Gasteiger partial charge in [-0.25, -0.2) is 4.98 Å². The summed E-state index contributed by atoms with van der Waals surface area (Å²) in [7, 11) is 0. The Bertz CT molecular complexity index is 1160. The second kappa shape index (κ2) is 10.8. The summed E-state index contributed by atoms with van der Waals surface area (Å²) in [5, 5.41) is 0.569. The summed E-state index contributed by atoms with van der Waals surface area (Å²) in [5.74, 6) is 1.10. The molecule has 0 radical (unpaired) electrons. The predicted octanol–water partition coefficient (Wildman–Crippen LogP) is 5.71. The van der Waals surface area contributed by atoms with Gasteiger partial charge in [0.25, 0.3) is 5.56 Å². The van der Waals surface area contributed by atoms with Crippen LogP contribution in [0.3, 0.4) is 0 Å². The summed E-state index contributed by atoms with van der Waals surface area (Å²) in [4.78, 5) is 33.6. The van der Waals surface area contributed by atoms with Crippen LogP contribution in [0.1, 0.15) is 62.5 Å². The first kappa shape index (κ1) is 24.0. The number of hydrogen-bond donors (Lipinski definition) is 0. The van der Waals surface area contributed by atoms with E-state index >= 15 is 0 Å². The second-order valence-corrected chi connectivity index (χ2v) is 8.58. The molecule has 170 valence electrons. The number of carbonyl (C=O) groups is 1. The number of para-hydroxylation sites is 1. The standard InChI is InChI=1S/C26H32ClN3O2/c1-5-16-29(24(31)12-9-15-27)23(6-2)25-28-22-11-8-7-10-21(22)26(32)30(25)20-14-13-18(3)19(4)17-20/h7-8,10-11,13-14,17,23H,5-6,9,12,15-16H2,1-4H3. The fraction of sp³-hybridized carbons (Fsp3) is 0.423. The van der Waals surface area contributed by atoms with Gasteiger partial charge in [-0.2, -0.15) is 0 Å². The predicted molar refractivity (Wildman–Crippen MR) is 132 cm³/mol. The molecule has 0 saturated carbocycles. The number of halogens is 1. The highest BCUT2D eigenvalue weighted by atomic mass is 35.5. The normalized spacial score (nSPS) is 12.2. The zero-order valence-electron chi connectivity index (χ0n) is 19.4. The van der Waals surface area contributed by atoms with Crippen LogP contribution < -0.4 is 5.56 Å². The lowest BCUT2D eigenvalue weighted by Gasteiger charge is -2.32. The van der Waals surface area contributed by atoms with E-state index in [0.717, 1.165) is 23.2 Å². The number of aryl methyl sites for hydroxylation is 2. The molecular weight excluding hydrogens is 422 g/mol. The highest BCUT2D eigenvalue weighted by Gasteiger charge is 2.28. The van der Waals surface area contributed by atoms with Gasteiger partial charge in [0, 0.05) is 18.8 Å². The minimum absolute atomic E-state index is 0.0494. The first-order valence-electron chi connectivity index (χ1n) is 11.4. The molecule has 5 nitrogen and oxygen atoms in total. The van der Waals surface area contributed by atoms with E-state index < -0.39 is 0 Å². The van der Waals surface area contributed by atoms with Gasteiger partial charge in [-0.3, -0.25) is 14.2 Å². The summed E-state index contributed by atoms with van der Waals surface area (Å²) >= 11 is 5.85. The Morgan fingerprint density at radius 1 is 1.12 bits per heavy atom. The largest absolute Gasteiger partial charge is 0.333 e. The number of aromatic nitrogens is 2. The molecule has 0 aliphatic carbocycles. The highest BCUT2D eigenvalue weighted by Crippen LogP contribution is 2.27. The minimum Gasteiger partial charge on any atom is -0.333 e. The molecule has 1 aromatic heterocycles. The molecule has 0 bridgehead atoms. The summed E-state index contributed by atoms with van der Waals surface area (Å²) < 4.78 is 1.69. The maximum absolute atomic E-state index is 13.7. The van der Waals surface area contributed by atoms with Gasteiger partial charge >= 0.3 is 0 Å². The van der Waals surface area contributed by atoms with E-state index in [9.17, 15) is 9.59 Å². The number of benzene rings is 2. The molecule has 1 amide bonds. The van der Waals surface area contributed by atoms with Crippen LogP contribution in [-0.2, 0) is 4.79 Å². The third-order valence-electron chi connectivity index (χ3n) is 5.92. The number of nitrogens with zero attached hydrogens (tertiary/aromatic N) is 3. The molecule has 0 N–H and O–H groups in total. The minimum atomic E-state index is -0.309. The topological polar surface area (TPSA) is 55.2 Å².